The fourth-order valence-electron chi connectivity index (χ4n) is 1.05. The van der Waals surface area contributed by atoms with Crippen LogP contribution in [0, 0.1) is 0 Å². The Morgan fingerprint density at radius 3 is 2.86 bits per heavy atom. The standard InChI is InChI=1S/C10H10BrClOS/c1-14-5-4-10(13)8-3-2-7(12)6-9(8)11/h2-3,6H,4-5H2,1H3. The van der Waals surface area contributed by atoms with Gasteiger partial charge in [0.1, 0.15) is 0 Å². The van der Waals surface area contributed by atoms with E-state index in [1.54, 1.807) is 30.0 Å². The van der Waals surface area contributed by atoms with Crippen LogP contribution in [0.25, 0.3) is 0 Å². The van der Waals surface area contributed by atoms with Gasteiger partial charge in [-0.3, -0.25) is 4.79 Å². The first-order valence-electron chi connectivity index (χ1n) is 4.12. The van der Waals surface area contributed by atoms with E-state index in [4.69, 9.17) is 11.6 Å². The lowest BCUT2D eigenvalue weighted by Crippen LogP contribution is -2.01. The number of ketones is 1. The van der Waals surface area contributed by atoms with Crippen LogP contribution in [-0.4, -0.2) is 17.8 Å². The number of hydrogen-bond donors (Lipinski definition) is 0. The zero-order valence-electron chi connectivity index (χ0n) is 7.72. The van der Waals surface area contributed by atoms with Crippen molar-refractivity contribution in [2.45, 2.75) is 6.42 Å². The van der Waals surface area contributed by atoms with Gasteiger partial charge in [-0.2, -0.15) is 11.8 Å². The second-order valence-electron chi connectivity index (χ2n) is 2.79. The van der Waals surface area contributed by atoms with Gasteiger partial charge < -0.3 is 0 Å². The van der Waals surface area contributed by atoms with Gasteiger partial charge in [-0.15, -0.1) is 0 Å². The molecule has 1 nitrogen and oxygen atoms in total. The van der Waals surface area contributed by atoms with Crippen LogP contribution < -0.4 is 0 Å². The van der Waals surface area contributed by atoms with Gasteiger partial charge in [0.15, 0.2) is 5.78 Å². The van der Waals surface area contributed by atoms with Crippen molar-refractivity contribution in [3.05, 3.63) is 33.3 Å². The third kappa shape index (κ3) is 3.30. The Hall–Kier alpha value is 0.01000. The van der Waals surface area contributed by atoms with Gasteiger partial charge in [-0.05, 0) is 40.4 Å². The van der Waals surface area contributed by atoms with Crippen molar-refractivity contribution in [3.8, 4) is 0 Å². The molecule has 4 heteroatoms. The normalized spacial score (nSPS) is 10.2. The quantitative estimate of drug-likeness (QED) is 0.779. The largest absolute Gasteiger partial charge is 0.294 e. The Morgan fingerprint density at radius 1 is 1.57 bits per heavy atom. The Labute approximate surface area is 101 Å². The summed E-state index contributed by atoms with van der Waals surface area (Å²) in [7, 11) is 0. The second kappa shape index (κ2) is 5.79. The topological polar surface area (TPSA) is 17.1 Å². The highest BCUT2D eigenvalue weighted by Gasteiger charge is 2.09. The molecule has 0 unspecified atom stereocenters. The number of halogens is 2. The summed E-state index contributed by atoms with van der Waals surface area (Å²) in [5, 5.41) is 0.637. The maximum Gasteiger partial charge on any atom is 0.164 e. The Balaban J connectivity index is 2.80. The second-order valence-corrected chi connectivity index (χ2v) is 5.07. The molecule has 0 aliphatic carbocycles. The lowest BCUT2D eigenvalue weighted by molar-refractivity contribution is 0.0989. The molecule has 0 aliphatic rings. The first kappa shape index (κ1) is 12.1. The van der Waals surface area contributed by atoms with Crippen LogP contribution >= 0.6 is 39.3 Å². The highest BCUT2D eigenvalue weighted by molar-refractivity contribution is 9.10. The molecule has 1 aromatic rings. The average molecular weight is 294 g/mol. The minimum atomic E-state index is 0.155. The molecule has 0 radical (unpaired) electrons. The molecule has 0 atom stereocenters. The van der Waals surface area contributed by atoms with Crippen LogP contribution in [0.2, 0.25) is 5.02 Å². The van der Waals surface area contributed by atoms with Gasteiger partial charge >= 0.3 is 0 Å². The van der Waals surface area contributed by atoms with E-state index in [1.807, 2.05) is 6.26 Å². The molecule has 0 saturated heterocycles. The van der Waals surface area contributed by atoms with Crippen LogP contribution in [0.3, 0.4) is 0 Å². The van der Waals surface area contributed by atoms with Gasteiger partial charge in [-0.25, -0.2) is 0 Å². The summed E-state index contributed by atoms with van der Waals surface area (Å²) in [6.07, 6.45) is 2.56. The highest BCUT2D eigenvalue weighted by atomic mass is 79.9. The molecule has 0 spiro atoms. The molecule has 0 bridgehead atoms. The molecule has 76 valence electrons. The monoisotopic (exact) mass is 292 g/mol. The van der Waals surface area contributed by atoms with Crippen molar-refractivity contribution >= 4 is 45.1 Å². The van der Waals surface area contributed by atoms with Gasteiger partial charge in [0.2, 0.25) is 0 Å². The van der Waals surface area contributed by atoms with Crippen LogP contribution in [0.15, 0.2) is 22.7 Å². The Morgan fingerprint density at radius 2 is 2.29 bits per heavy atom. The molecule has 0 fully saturated rings. The van der Waals surface area contributed by atoms with Gasteiger partial charge in [0.05, 0.1) is 0 Å². The molecule has 0 saturated carbocycles. The van der Waals surface area contributed by atoms with Crippen LogP contribution in [0.5, 0.6) is 0 Å². The molecule has 14 heavy (non-hydrogen) atoms. The maximum absolute atomic E-state index is 11.6. The van der Waals surface area contributed by atoms with Crippen LogP contribution in [0.4, 0.5) is 0 Å². The first-order chi connectivity index (χ1) is 6.65. The molecule has 1 aromatic carbocycles. The SMILES string of the molecule is CSCCC(=O)c1ccc(Cl)cc1Br. The third-order valence-corrected chi connectivity index (χ3v) is 3.27. The lowest BCUT2D eigenvalue weighted by Gasteiger charge is -2.03. The van der Waals surface area contributed by atoms with Gasteiger partial charge in [0.25, 0.3) is 0 Å². The number of carbonyl (C=O) groups excluding carboxylic acids is 1. The first-order valence-corrected chi connectivity index (χ1v) is 6.69. The van der Waals surface area contributed by atoms with Crippen molar-refractivity contribution < 1.29 is 4.79 Å². The number of rotatable bonds is 4. The lowest BCUT2D eigenvalue weighted by atomic mass is 10.1. The molecule has 0 heterocycles. The molecule has 0 amide bonds. The molecule has 0 aromatic heterocycles. The number of Topliss-reactive ketones (excluding diaryl/α,β-unsaturated/α-hetero) is 1. The van der Waals surface area contributed by atoms with Crippen molar-refractivity contribution in [2.24, 2.45) is 0 Å². The van der Waals surface area contributed by atoms with Gasteiger partial charge in [-0.1, -0.05) is 11.6 Å². The third-order valence-electron chi connectivity index (χ3n) is 1.76. The Bertz CT molecular complexity index is 341. The summed E-state index contributed by atoms with van der Waals surface area (Å²) in [6, 6.07) is 5.24. The van der Waals surface area contributed by atoms with E-state index in [0.717, 1.165) is 10.2 Å². The highest BCUT2D eigenvalue weighted by Crippen LogP contribution is 2.22. The van der Waals surface area contributed by atoms with Crippen molar-refractivity contribution in [2.75, 3.05) is 12.0 Å². The number of hydrogen-bond acceptors (Lipinski definition) is 2. The molecule has 1 rings (SSSR count). The van der Waals surface area contributed by atoms with E-state index in [2.05, 4.69) is 15.9 Å². The summed E-state index contributed by atoms with van der Waals surface area (Å²) in [4.78, 5) is 11.6. The number of carbonyl (C=O) groups is 1. The number of thioether (sulfide) groups is 1. The number of benzene rings is 1. The van der Waals surface area contributed by atoms with E-state index in [-0.39, 0.29) is 5.78 Å². The molecular formula is C10H10BrClOS. The Kier molecular flexibility index (Phi) is 4.99. The summed E-state index contributed by atoms with van der Waals surface area (Å²) in [6.45, 7) is 0. The predicted octanol–water partition coefficient (Wildman–Crippen LogP) is 4.04. The molecule has 0 aliphatic heterocycles. The van der Waals surface area contributed by atoms with E-state index in [9.17, 15) is 4.79 Å². The summed E-state index contributed by atoms with van der Waals surface area (Å²) >= 11 is 10.8. The predicted molar refractivity (Wildman–Crippen MR) is 66.5 cm³/mol. The summed E-state index contributed by atoms with van der Waals surface area (Å²) in [5.74, 6) is 1.01. The van der Waals surface area contributed by atoms with Crippen LogP contribution in [0.1, 0.15) is 16.8 Å². The molecule has 0 N–H and O–H groups in total. The van der Waals surface area contributed by atoms with E-state index >= 15 is 0 Å². The van der Waals surface area contributed by atoms with Crippen LogP contribution in [-0.2, 0) is 0 Å². The maximum atomic E-state index is 11.6. The minimum Gasteiger partial charge on any atom is -0.294 e. The molecular weight excluding hydrogens is 284 g/mol. The zero-order chi connectivity index (χ0) is 10.6. The smallest absolute Gasteiger partial charge is 0.164 e. The summed E-state index contributed by atoms with van der Waals surface area (Å²) < 4.78 is 0.774. The summed E-state index contributed by atoms with van der Waals surface area (Å²) in [5.41, 5.74) is 0.712. The van der Waals surface area contributed by atoms with E-state index in [1.165, 1.54) is 0 Å². The fourth-order valence-corrected chi connectivity index (χ4v) is 2.34. The fraction of sp³-hybridized carbons (Fsp3) is 0.300. The van der Waals surface area contributed by atoms with Crippen molar-refractivity contribution in [1.82, 2.24) is 0 Å². The van der Waals surface area contributed by atoms with Crippen molar-refractivity contribution in [1.29, 1.82) is 0 Å². The average Bonchev–Trinajstić information content (AvgIpc) is 2.14. The van der Waals surface area contributed by atoms with E-state index < -0.39 is 0 Å². The van der Waals surface area contributed by atoms with Gasteiger partial charge in [0, 0.05) is 27.2 Å². The van der Waals surface area contributed by atoms with Crippen molar-refractivity contribution in [3.63, 3.8) is 0 Å². The minimum absolute atomic E-state index is 0.155. The van der Waals surface area contributed by atoms with E-state index in [0.29, 0.717) is 17.0 Å². The zero-order valence-corrected chi connectivity index (χ0v) is 10.9.